The molecule has 0 saturated heterocycles. The summed E-state index contributed by atoms with van der Waals surface area (Å²) in [5, 5.41) is 3.60. The van der Waals surface area contributed by atoms with Crippen LogP contribution in [0.5, 0.6) is 0 Å². The molecule has 130 valence electrons. The molecule has 3 aromatic rings. The van der Waals surface area contributed by atoms with Gasteiger partial charge in [0.15, 0.2) is 5.82 Å². The van der Waals surface area contributed by atoms with Gasteiger partial charge in [0.1, 0.15) is 11.3 Å². The lowest BCUT2D eigenvalue weighted by Gasteiger charge is -2.17. The largest absolute Gasteiger partial charge is 0.339 e. The van der Waals surface area contributed by atoms with Gasteiger partial charge in [0.25, 0.3) is 0 Å². The summed E-state index contributed by atoms with van der Waals surface area (Å²) < 4.78 is 0. The van der Waals surface area contributed by atoms with Gasteiger partial charge in [-0.05, 0) is 35.7 Å². The second-order valence-corrected chi connectivity index (χ2v) is 6.55. The average molecular weight is 365 g/mol. The monoisotopic (exact) mass is 364 g/mol. The van der Waals surface area contributed by atoms with Gasteiger partial charge >= 0.3 is 0 Å². The molecule has 1 aliphatic heterocycles. The van der Waals surface area contributed by atoms with E-state index >= 15 is 0 Å². The molecule has 1 N–H and O–H groups in total. The molecule has 0 atom stereocenters. The minimum atomic E-state index is 0.120. The van der Waals surface area contributed by atoms with Crippen LogP contribution < -0.4 is 10.2 Å². The van der Waals surface area contributed by atoms with E-state index in [9.17, 15) is 4.79 Å². The first-order valence-electron chi connectivity index (χ1n) is 8.40. The van der Waals surface area contributed by atoms with E-state index in [4.69, 9.17) is 11.6 Å². The van der Waals surface area contributed by atoms with E-state index in [-0.39, 0.29) is 5.91 Å². The van der Waals surface area contributed by atoms with Crippen molar-refractivity contribution in [3.05, 3.63) is 77.2 Å². The molecule has 0 radical (unpaired) electrons. The molecule has 26 heavy (non-hydrogen) atoms. The number of nitrogens with zero attached hydrogens (tertiary/aromatic N) is 3. The Morgan fingerprint density at radius 2 is 1.96 bits per heavy atom. The molecular formula is C20H17ClN4O. The lowest BCUT2D eigenvalue weighted by atomic mass is 10.1. The number of hydrogen-bond donors (Lipinski definition) is 1. The maximum atomic E-state index is 12.7. The number of aromatic nitrogens is 2. The first-order valence-corrected chi connectivity index (χ1v) is 8.78. The Kier molecular flexibility index (Phi) is 4.54. The first kappa shape index (κ1) is 16.5. The van der Waals surface area contributed by atoms with E-state index in [0.29, 0.717) is 17.3 Å². The minimum absolute atomic E-state index is 0.120. The highest BCUT2D eigenvalue weighted by Gasteiger charge is 2.23. The van der Waals surface area contributed by atoms with Gasteiger partial charge in [-0.25, -0.2) is 9.97 Å². The highest BCUT2D eigenvalue weighted by atomic mass is 35.5. The first-order chi connectivity index (χ1) is 12.7. The Balaban J connectivity index is 1.43. The van der Waals surface area contributed by atoms with Gasteiger partial charge in [-0.3, -0.25) is 4.79 Å². The van der Waals surface area contributed by atoms with Crippen molar-refractivity contribution >= 4 is 34.7 Å². The van der Waals surface area contributed by atoms with Crippen molar-refractivity contribution in [1.82, 2.24) is 9.97 Å². The standard InChI is InChI=1S/C20H17ClN4O/c21-17-12-22-13-23-20(17)24-16-7-5-14(6-8-16)11-19(26)25-10-9-15-3-1-2-4-18(15)25/h1-8,12-13H,9-11H2,(H,22,23,24). The fourth-order valence-corrected chi connectivity index (χ4v) is 3.27. The summed E-state index contributed by atoms with van der Waals surface area (Å²) in [7, 11) is 0. The Morgan fingerprint density at radius 1 is 1.15 bits per heavy atom. The van der Waals surface area contributed by atoms with Crippen LogP contribution in [0.2, 0.25) is 5.02 Å². The van der Waals surface area contributed by atoms with Gasteiger partial charge < -0.3 is 10.2 Å². The van der Waals surface area contributed by atoms with Crippen LogP contribution in [0, 0.1) is 0 Å². The SMILES string of the molecule is O=C(Cc1ccc(Nc2ncncc2Cl)cc1)N1CCc2ccccc21. The molecule has 0 fully saturated rings. The second-order valence-electron chi connectivity index (χ2n) is 6.14. The number of benzene rings is 2. The van der Waals surface area contributed by atoms with Crippen LogP contribution in [0.1, 0.15) is 11.1 Å². The average Bonchev–Trinajstić information content (AvgIpc) is 3.09. The zero-order valence-electron chi connectivity index (χ0n) is 14.0. The highest BCUT2D eigenvalue weighted by Crippen LogP contribution is 2.28. The Labute approximate surface area is 156 Å². The van der Waals surface area contributed by atoms with Crippen LogP contribution in [0.15, 0.2) is 61.1 Å². The number of rotatable bonds is 4. The molecule has 0 spiro atoms. The summed E-state index contributed by atoms with van der Waals surface area (Å²) in [5.74, 6) is 0.675. The normalized spacial score (nSPS) is 12.7. The summed E-state index contributed by atoms with van der Waals surface area (Å²) in [6.45, 7) is 0.754. The van der Waals surface area contributed by atoms with E-state index in [1.165, 1.54) is 18.1 Å². The van der Waals surface area contributed by atoms with Crippen LogP contribution in [0.4, 0.5) is 17.2 Å². The number of para-hydroxylation sites is 1. The molecule has 1 aromatic heterocycles. The Hall–Kier alpha value is -2.92. The smallest absolute Gasteiger partial charge is 0.231 e. The van der Waals surface area contributed by atoms with E-state index in [2.05, 4.69) is 21.4 Å². The van der Waals surface area contributed by atoms with Crippen LogP contribution in [-0.2, 0) is 17.6 Å². The summed E-state index contributed by atoms with van der Waals surface area (Å²) >= 11 is 6.05. The predicted molar refractivity (Wildman–Crippen MR) is 103 cm³/mol. The molecule has 2 aromatic carbocycles. The molecule has 4 rings (SSSR count). The number of hydrogen-bond acceptors (Lipinski definition) is 4. The Morgan fingerprint density at radius 3 is 2.77 bits per heavy atom. The molecule has 0 unspecified atom stereocenters. The van der Waals surface area contributed by atoms with Crippen molar-refractivity contribution in [3.8, 4) is 0 Å². The van der Waals surface area contributed by atoms with Gasteiger partial charge in [0.2, 0.25) is 5.91 Å². The molecule has 2 heterocycles. The van der Waals surface area contributed by atoms with Crippen molar-refractivity contribution in [2.24, 2.45) is 0 Å². The fourth-order valence-electron chi connectivity index (χ4n) is 3.11. The van der Waals surface area contributed by atoms with Crippen LogP contribution in [-0.4, -0.2) is 22.4 Å². The van der Waals surface area contributed by atoms with Crippen molar-refractivity contribution in [2.75, 3.05) is 16.8 Å². The fraction of sp³-hybridized carbons (Fsp3) is 0.150. The molecule has 6 heteroatoms. The summed E-state index contributed by atoms with van der Waals surface area (Å²) in [4.78, 5) is 22.5. The lowest BCUT2D eigenvalue weighted by Crippen LogP contribution is -2.30. The number of carbonyl (C=O) groups is 1. The van der Waals surface area contributed by atoms with Crippen LogP contribution in [0.25, 0.3) is 0 Å². The van der Waals surface area contributed by atoms with E-state index in [1.54, 1.807) is 0 Å². The molecule has 1 amide bonds. The zero-order chi connectivity index (χ0) is 17.9. The lowest BCUT2D eigenvalue weighted by molar-refractivity contribution is -0.117. The zero-order valence-corrected chi connectivity index (χ0v) is 14.8. The van der Waals surface area contributed by atoms with E-state index in [0.717, 1.165) is 29.9 Å². The third-order valence-electron chi connectivity index (χ3n) is 4.43. The number of fused-ring (bicyclic) bond motifs is 1. The van der Waals surface area contributed by atoms with Crippen molar-refractivity contribution in [2.45, 2.75) is 12.8 Å². The van der Waals surface area contributed by atoms with Crippen molar-refractivity contribution < 1.29 is 4.79 Å². The maximum Gasteiger partial charge on any atom is 0.231 e. The van der Waals surface area contributed by atoms with E-state index in [1.807, 2.05) is 47.4 Å². The van der Waals surface area contributed by atoms with Crippen molar-refractivity contribution in [3.63, 3.8) is 0 Å². The van der Waals surface area contributed by atoms with Crippen molar-refractivity contribution in [1.29, 1.82) is 0 Å². The molecule has 0 saturated carbocycles. The third-order valence-corrected chi connectivity index (χ3v) is 4.70. The topological polar surface area (TPSA) is 58.1 Å². The summed E-state index contributed by atoms with van der Waals surface area (Å²) in [5.41, 5.74) is 4.10. The number of nitrogens with one attached hydrogen (secondary N) is 1. The minimum Gasteiger partial charge on any atom is -0.339 e. The quantitative estimate of drug-likeness (QED) is 0.760. The predicted octanol–water partition coefficient (Wildman–Crippen LogP) is 4.01. The molecule has 0 bridgehead atoms. The number of carbonyl (C=O) groups excluding carboxylic acids is 1. The maximum absolute atomic E-state index is 12.7. The summed E-state index contributed by atoms with van der Waals surface area (Å²) in [6.07, 6.45) is 4.28. The number of anilines is 3. The molecule has 0 aliphatic carbocycles. The molecule has 5 nitrogen and oxygen atoms in total. The van der Waals surface area contributed by atoms with Gasteiger partial charge in [-0.1, -0.05) is 41.9 Å². The molecular weight excluding hydrogens is 348 g/mol. The highest BCUT2D eigenvalue weighted by molar-refractivity contribution is 6.32. The van der Waals surface area contributed by atoms with E-state index < -0.39 is 0 Å². The Bertz CT molecular complexity index is 943. The van der Waals surface area contributed by atoms with Crippen LogP contribution >= 0.6 is 11.6 Å². The number of amides is 1. The molecule has 1 aliphatic rings. The van der Waals surface area contributed by atoms with Gasteiger partial charge in [-0.2, -0.15) is 0 Å². The second kappa shape index (κ2) is 7.14. The van der Waals surface area contributed by atoms with Gasteiger partial charge in [0, 0.05) is 17.9 Å². The number of halogens is 1. The van der Waals surface area contributed by atoms with Gasteiger partial charge in [-0.15, -0.1) is 0 Å². The summed E-state index contributed by atoms with van der Waals surface area (Å²) in [6, 6.07) is 15.8. The van der Waals surface area contributed by atoms with Gasteiger partial charge in [0.05, 0.1) is 12.6 Å². The van der Waals surface area contributed by atoms with Crippen LogP contribution in [0.3, 0.4) is 0 Å². The third kappa shape index (κ3) is 3.39.